The highest BCUT2D eigenvalue weighted by Crippen LogP contribution is 2.18. The van der Waals surface area contributed by atoms with Crippen LogP contribution in [-0.2, 0) is 0 Å². The molecule has 0 heterocycles. The summed E-state index contributed by atoms with van der Waals surface area (Å²) in [6.45, 7) is 5.86. The van der Waals surface area contributed by atoms with Crippen molar-refractivity contribution in [1.29, 1.82) is 0 Å². The Kier molecular flexibility index (Phi) is 4.10. The molecule has 0 saturated heterocycles. The molecule has 1 nitrogen and oxygen atoms in total. The number of halogens is 1. The van der Waals surface area contributed by atoms with Crippen molar-refractivity contribution in [3.05, 3.63) is 71.0 Å². The Bertz CT molecular complexity index is 567. The van der Waals surface area contributed by atoms with Crippen LogP contribution < -0.4 is 0 Å². The molecular weight excluding hydrogens is 237 g/mol. The molecule has 0 saturated carbocycles. The Hall–Kier alpha value is -1.96. The van der Waals surface area contributed by atoms with Crippen molar-refractivity contribution < 1.29 is 4.39 Å². The van der Waals surface area contributed by atoms with Crippen molar-refractivity contribution in [3.8, 4) is 0 Å². The van der Waals surface area contributed by atoms with Crippen molar-refractivity contribution in [1.82, 2.24) is 0 Å². The van der Waals surface area contributed by atoms with Gasteiger partial charge in [0.25, 0.3) is 0 Å². The fraction of sp³-hybridized carbons (Fsp3) is 0.235. The van der Waals surface area contributed by atoms with E-state index in [0.717, 1.165) is 22.4 Å². The van der Waals surface area contributed by atoms with Crippen molar-refractivity contribution in [2.45, 2.75) is 26.8 Å². The summed E-state index contributed by atoms with van der Waals surface area (Å²) in [5, 5.41) is 0. The van der Waals surface area contributed by atoms with Crippen LogP contribution in [0.4, 0.5) is 4.39 Å². The van der Waals surface area contributed by atoms with Gasteiger partial charge in [0.2, 0.25) is 0 Å². The van der Waals surface area contributed by atoms with Crippen molar-refractivity contribution >= 4 is 5.71 Å². The fourth-order valence-corrected chi connectivity index (χ4v) is 2.12. The second kappa shape index (κ2) is 5.79. The normalized spacial score (nSPS) is 13.4. The Morgan fingerprint density at radius 1 is 1.11 bits per heavy atom. The van der Waals surface area contributed by atoms with E-state index in [2.05, 4.69) is 17.1 Å². The van der Waals surface area contributed by atoms with E-state index in [4.69, 9.17) is 0 Å². The average Bonchev–Trinajstić information content (AvgIpc) is 2.38. The van der Waals surface area contributed by atoms with Gasteiger partial charge in [0.15, 0.2) is 0 Å². The second-order valence-corrected chi connectivity index (χ2v) is 4.82. The SMILES string of the molecule is CC(=NC(C)c1ccccc1)c1cc(C)cc(F)c1. The van der Waals surface area contributed by atoms with E-state index in [9.17, 15) is 4.39 Å². The molecule has 98 valence electrons. The van der Waals surface area contributed by atoms with E-state index < -0.39 is 0 Å². The summed E-state index contributed by atoms with van der Waals surface area (Å²) in [6, 6.07) is 15.2. The van der Waals surface area contributed by atoms with Crippen LogP contribution in [-0.4, -0.2) is 5.71 Å². The summed E-state index contributed by atoms with van der Waals surface area (Å²) in [5.41, 5.74) is 3.78. The van der Waals surface area contributed by atoms with Gasteiger partial charge in [0.1, 0.15) is 5.82 Å². The van der Waals surface area contributed by atoms with Crippen LogP contribution in [0.25, 0.3) is 0 Å². The lowest BCUT2D eigenvalue weighted by molar-refractivity contribution is 0.626. The van der Waals surface area contributed by atoms with Gasteiger partial charge in [-0.15, -0.1) is 0 Å². The maximum absolute atomic E-state index is 13.4. The summed E-state index contributed by atoms with van der Waals surface area (Å²) < 4.78 is 13.4. The molecule has 1 atom stereocenters. The zero-order chi connectivity index (χ0) is 13.8. The van der Waals surface area contributed by atoms with E-state index in [0.29, 0.717) is 0 Å². The molecule has 0 N–H and O–H groups in total. The first-order chi connectivity index (χ1) is 9.06. The van der Waals surface area contributed by atoms with E-state index >= 15 is 0 Å². The van der Waals surface area contributed by atoms with Crippen LogP contribution in [0.1, 0.15) is 36.6 Å². The number of aliphatic imine (C=N–C) groups is 1. The van der Waals surface area contributed by atoms with Crippen molar-refractivity contribution in [2.24, 2.45) is 4.99 Å². The number of hydrogen-bond donors (Lipinski definition) is 0. The lowest BCUT2D eigenvalue weighted by atomic mass is 10.1. The van der Waals surface area contributed by atoms with Crippen LogP contribution in [0.2, 0.25) is 0 Å². The number of aryl methyl sites for hydroxylation is 1. The minimum atomic E-state index is -0.211. The van der Waals surface area contributed by atoms with Crippen LogP contribution >= 0.6 is 0 Å². The lowest BCUT2D eigenvalue weighted by Gasteiger charge is -2.09. The van der Waals surface area contributed by atoms with Crippen LogP contribution in [0.15, 0.2) is 53.5 Å². The van der Waals surface area contributed by atoms with Crippen molar-refractivity contribution in [2.75, 3.05) is 0 Å². The largest absolute Gasteiger partial charge is 0.282 e. The van der Waals surface area contributed by atoms with Gasteiger partial charge in [-0.25, -0.2) is 4.39 Å². The quantitative estimate of drug-likeness (QED) is 0.705. The zero-order valence-electron chi connectivity index (χ0n) is 11.5. The molecule has 0 aliphatic carbocycles. The third-order valence-electron chi connectivity index (χ3n) is 3.13. The minimum Gasteiger partial charge on any atom is -0.282 e. The highest BCUT2D eigenvalue weighted by Gasteiger charge is 2.06. The molecule has 0 radical (unpaired) electrons. The molecule has 2 aromatic rings. The second-order valence-electron chi connectivity index (χ2n) is 4.82. The number of hydrogen-bond acceptors (Lipinski definition) is 1. The summed E-state index contributed by atoms with van der Waals surface area (Å²) in [6.07, 6.45) is 0. The van der Waals surface area contributed by atoms with Crippen LogP contribution in [0, 0.1) is 12.7 Å². The molecule has 0 aromatic heterocycles. The van der Waals surface area contributed by atoms with Crippen LogP contribution in [0.3, 0.4) is 0 Å². The third kappa shape index (κ3) is 3.50. The molecule has 2 heteroatoms. The molecule has 0 aliphatic heterocycles. The van der Waals surface area contributed by atoms with Gasteiger partial charge in [-0.1, -0.05) is 36.4 Å². The van der Waals surface area contributed by atoms with Gasteiger partial charge in [-0.2, -0.15) is 0 Å². The van der Waals surface area contributed by atoms with Gasteiger partial charge in [-0.05, 0) is 49.6 Å². The smallest absolute Gasteiger partial charge is 0.124 e. The molecule has 2 aromatic carbocycles. The highest BCUT2D eigenvalue weighted by atomic mass is 19.1. The fourth-order valence-electron chi connectivity index (χ4n) is 2.12. The van der Waals surface area contributed by atoms with Crippen molar-refractivity contribution in [3.63, 3.8) is 0 Å². The molecule has 0 fully saturated rings. The Morgan fingerprint density at radius 2 is 1.79 bits per heavy atom. The summed E-state index contributed by atoms with van der Waals surface area (Å²) >= 11 is 0. The minimum absolute atomic E-state index is 0.0739. The predicted molar refractivity (Wildman–Crippen MR) is 78.2 cm³/mol. The zero-order valence-corrected chi connectivity index (χ0v) is 11.5. The van der Waals surface area contributed by atoms with E-state index in [1.807, 2.05) is 45.0 Å². The van der Waals surface area contributed by atoms with E-state index in [1.165, 1.54) is 12.1 Å². The number of benzene rings is 2. The summed E-state index contributed by atoms with van der Waals surface area (Å²) in [4.78, 5) is 4.65. The Balaban J connectivity index is 2.28. The average molecular weight is 255 g/mol. The molecule has 0 spiro atoms. The Morgan fingerprint density at radius 3 is 2.42 bits per heavy atom. The molecule has 1 unspecified atom stereocenters. The first kappa shape index (κ1) is 13.5. The third-order valence-corrected chi connectivity index (χ3v) is 3.13. The Labute approximate surface area is 113 Å². The lowest BCUT2D eigenvalue weighted by Crippen LogP contribution is -2.00. The van der Waals surface area contributed by atoms with Gasteiger partial charge in [0, 0.05) is 5.71 Å². The molecule has 19 heavy (non-hydrogen) atoms. The molecule has 0 aliphatic rings. The maximum Gasteiger partial charge on any atom is 0.124 e. The molecule has 0 bridgehead atoms. The maximum atomic E-state index is 13.4. The van der Waals surface area contributed by atoms with Gasteiger partial charge >= 0.3 is 0 Å². The van der Waals surface area contributed by atoms with E-state index in [-0.39, 0.29) is 11.9 Å². The number of nitrogens with zero attached hydrogens (tertiary/aromatic N) is 1. The van der Waals surface area contributed by atoms with Gasteiger partial charge < -0.3 is 0 Å². The van der Waals surface area contributed by atoms with Crippen LogP contribution in [0.5, 0.6) is 0 Å². The highest BCUT2D eigenvalue weighted by molar-refractivity contribution is 5.99. The first-order valence-electron chi connectivity index (χ1n) is 6.43. The first-order valence-corrected chi connectivity index (χ1v) is 6.43. The summed E-state index contributed by atoms with van der Waals surface area (Å²) in [5.74, 6) is -0.211. The van der Waals surface area contributed by atoms with E-state index in [1.54, 1.807) is 0 Å². The van der Waals surface area contributed by atoms with Gasteiger partial charge in [0.05, 0.1) is 6.04 Å². The van der Waals surface area contributed by atoms with Gasteiger partial charge in [-0.3, -0.25) is 4.99 Å². The number of rotatable bonds is 3. The topological polar surface area (TPSA) is 12.4 Å². The molecule has 2 rings (SSSR count). The summed E-state index contributed by atoms with van der Waals surface area (Å²) in [7, 11) is 0. The molecule has 0 amide bonds. The monoisotopic (exact) mass is 255 g/mol. The molecular formula is C17H18FN. The standard InChI is InChI=1S/C17H18FN/c1-12-9-16(11-17(18)10-12)14(3)19-13(2)15-7-5-4-6-8-15/h4-11,13H,1-3H3. The predicted octanol–water partition coefficient (Wildman–Crippen LogP) is 4.70.